The third-order valence-corrected chi connectivity index (χ3v) is 10.9. The van der Waals surface area contributed by atoms with Crippen molar-refractivity contribution >= 4 is 5.97 Å². The number of hydrogen-bond donors (Lipinski definition) is 4. The Balaban J connectivity index is 1.66. The zero-order chi connectivity index (χ0) is 22.7. The van der Waals surface area contributed by atoms with Crippen LogP contribution in [0.3, 0.4) is 0 Å². The van der Waals surface area contributed by atoms with Crippen LogP contribution in [-0.2, 0) is 4.79 Å². The van der Waals surface area contributed by atoms with E-state index in [1.807, 2.05) is 0 Å². The van der Waals surface area contributed by atoms with E-state index in [2.05, 4.69) is 27.7 Å². The van der Waals surface area contributed by atoms with E-state index >= 15 is 0 Å². The number of carboxylic acids is 1. The maximum Gasteiger partial charge on any atom is 0.303 e. The Labute approximate surface area is 187 Å². The van der Waals surface area contributed by atoms with Crippen molar-refractivity contribution in [3.05, 3.63) is 0 Å². The van der Waals surface area contributed by atoms with Crippen LogP contribution in [0, 0.1) is 52.3 Å². The Bertz CT molecular complexity index is 681. The van der Waals surface area contributed by atoms with E-state index in [1.165, 1.54) is 0 Å². The fraction of sp³-hybridized carbons (Fsp3) is 0.962. The molecule has 0 heterocycles. The van der Waals surface area contributed by atoms with E-state index in [4.69, 9.17) is 5.11 Å². The molecule has 0 bridgehead atoms. The summed E-state index contributed by atoms with van der Waals surface area (Å²) in [6.45, 7) is 9.01. The average Bonchev–Trinajstić information content (AvgIpc) is 3.04. The molecule has 0 aromatic carbocycles. The quantitative estimate of drug-likeness (QED) is 0.518. The number of aliphatic hydroxyl groups excluding tert-OH is 3. The van der Waals surface area contributed by atoms with Gasteiger partial charge in [-0.3, -0.25) is 4.79 Å². The van der Waals surface area contributed by atoms with E-state index in [1.54, 1.807) is 0 Å². The summed E-state index contributed by atoms with van der Waals surface area (Å²) in [5.41, 5.74) is -0.0767. The topological polar surface area (TPSA) is 98.0 Å². The summed E-state index contributed by atoms with van der Waals surface area (Å²) >= 11 is 0. The first-order valence-corrected chi connectivity index (χ1v) is 12.8. The van der Waals surface area contributed by atoms with Crippen LogP contribution in [0.5, 0.6) is 0 Å². The minimum atomic E-state index is -0.734. The van der Waals surface area contributed by atoms with Gasteiger partial charge < -0.3 is 20.4 Å². The van der Waals surface area contributed by atoms with Crippen molar-refractivity contribution in [3.63, 3.8) is 0 Å². The SMILES string of the molecule is CC[C@H]1C(O)C2C3CC[C@H]([C@H](C)CC[14C](=O)O)[C@@]3(C)CC(O)C2[C@@]2(C)CC[C@@H](O)C[C@@H]12. The molecule has 4 rings (SSSR count). The number of carbonyl (C=O) groups is 1. The zero-order valence-corrected chi connectivity index (χ0v) is 19.8. The van der Waals surface area contributed by atoms with Crippen LogP contribution in [0.15, 0.2) is 0 Å². The minimum absolute atomic E-state index is 0.0302. The molecule has 0 radical (unpaired) electrons. The van der Waals surface area contributed by atoms with Crippen LogP contribution in [-0.4, -0.2) is 44.7 Å². The van der Waals surface area contributed by atoms with Gasteiger partial charge >= 0.3 is 5.97 Å². The number of hydrogen-bond acceptors (Lipinski definition) is 4. The molecule has 4 aliphatic carbocycles. The molecular weight excluding hydrogens is 394 g/mol. The molecule has 178 valence electrons. The maximum atomic E-state index is 11.7. The lowest BCUT2D eigenvalue weighted by Gasteiger charge is -2.66. The fourth-order valence-corrected chi connectivity index (χ4v) is 9.60. The van der Waals surface area contributed by atoms with Crippen LogP contribution >= 0.6 is 0 Å². The number of aliphatic carboxylic acids is 1. The van der Waals surface area contributed by atoms with Gasteiger partial charge in [0.1, 0.15) is 0 Å². The van der Waals surface area contributed by atoms with Crippen molar-refractivity contribution < 1.29 is 25.2 Å². The third-order valence-electron chi connectivity index (χ3n) is 10.9. The summed E-state index contributed by atoms with van der Waals surface area (Å²) < 4.78 is 0. The molecule has 31 heavy (non-hydrogen) atoms. The molecule has 0 spiro atoms. The predicted molar refractivity (Wildman–Crippen MR) is 119 cm³/mol. The molecule has 4 fully saturated rings. The van der Waals surface area contributed by atoms with Crippen LogP contribution < -0.4 is 0 Å². The zero-order valence-electron chi connectivity index (χ0n) is 19.8. The molecule has 0 aromatic rings. The smallest absolute Gasteiger partial charge is 0.303 e. The van der Waals surface area contributed by atoms with Gasteiger partial charge in [-0.15, -0.1) is 0 Å². The first-order valence-electron chi connectivity index (χ1n) is 12.8. The van der Waals surface area contributed by atoms with Crippen molar-refractivity contribution in [1.29, 1.82) is 0 Å². The standard InChI is InChI=1S/C26H44O5/c1-5-16-19-12-15(27)10-11-25(19,3)23-20(28)13-26(4)17(14(2)6-9-21(29)30)7-8-18(26)22(23)24(16)31/h14-20,22-24,27-28,31H,5-13H2,1-4H3,(H,29,30)/t14-,15-,16-,17-,18?,19+,20?,22?,23?,24?,25+,26-/m1/s1/i21+2. The summed E-state index contributed by atoms with van der Waals surface area (Å²) in [6.07, 6.45) is 6.04. The van der Waals surface area contributed by atoms with Crippen molar-refractivity contribution in [2.45, 2.75) is 104 Å². The minimum Gasteiger partial charge on any atom is -0.481 e. The lowest BCUT2D eigenvalue weighted by Crippen LogP contribution is -2.65. The van der Waals surface area contributed by atoms with Crippen molar-refractivity contribution in [3.8, 4) is 0 Å². The van der Waals surface area contributed by atoms with Gasteiger partial charge in [0.25, 0.3) is 0 Å². The van der Waals surface area contributed by atoms with E-state index < -0.39 is 18.2 Å². The van der Waals surface area contributed by atoms with Gasteiger partial charge in [0.05, 0.1) is 18.3 Å². The largest absolute Gasteiger partial charge is 0.481 e. The second-order valence-corrected chi connectivity index (χ2v) is 12.2. The highest BCUT2D eigenvalue weighted by molar-refractivity contribution is 5.66. The molecule has 0 aliphatic heterocycles. The first-order chi connectivity index (χ1) is 14.5. The van der Waals surface area contributed by atoms with E-state index in [-0.39, 0.29) is 47.0 Å². The molecule has 4 saturated carbocycles. The maximum absolute atomic E-state index is 11.7. The lowest BCUT2D eigenvalue weighted by atomic mass is 9.40. The second-order valence-electron chi connectivity index (χ2n) is 12.2. The van der Waals surface area contributed by atoms with Crippen molar-refractivity contribution in [2.24, 2.45) is 52.3 Å². The van der Waals surface area contributed by atoms with Crippen LogP contribution in [0.1, 0.15) is 85.5 Å². The molecule has 12 atom stereocenters. The summed E-state index contributed by atoms with van der Waals surface area (Å²) in [6, 6.07) is 0. The molecule has 5 nitrogen and oxygen atoms in total. The summed E-state index contributed by atoms with van der Waals surface area (Å²) in [5.74, 6) is 1.00. The Morgan fingerprint density at radius 1 is 1.06 bits per heavy atom. The predicted octanol–water partition coefficient (Wildman–Crippen LogP) is 4.08. The Hall–Kier alpha value is -0.650. The molecule has 5 unspecified atom stereocenters. The number of fused-ring (bicyclic) bond motifs is 5. The molecule has 0 aromatic heterocycles. The van der Waals surface area contributed by atoms with Gasteiger partial charge in [-0.05, 0) is 97.2 Å². The molecule has 4 aliphatic rings. The van der Waals surface area contributed by atoms with Crippen LogP contribution in [0.2, 0.25) is 0 Å². The summed E-state index contributed by atoms with van der Waals surface area (Å²) in [7, 11) is 0. The normalized spacial score (nSPS) is 52.7. The molecule has 0 amide bonds. The van der Waals surface area contributed by atoms with Gasteiger partial charge in [0, 0.05) is 6.42 Å². The number of carboxylic acid groups (broad SMARTS) is 1. The van der Waals surface area contributed by atoms with E-state index in [9.17, 15) is 20.1 Å². The number of rotatable bonds is 5. The first kappa shape index (κ1) is 23.5. The highest BCUT2D eigenvalue weighted by Gasteiger charge is 2.67. The van der Waals surface area contributed by atoms with Gasteiger partial charge in [-0.25, -0.2) is 0 Å². The Morgan fingerprint density at radius 3 is 2.42 bits per heavy atom. The second kappa shape index (κ2) is 8.29. The highest BCUT2D eigenvalue weighted by Crippen LogP contribution is 2.69. The summed E-state index contributed by atoms with van der Waals surface area (Å²) in [4.78, 5) is 11.1. The fourth-order valence-electron chi connectivity index (χ4n) is 9.60. The number of aliphatic hydroxyl groups is 3. The van der Waals surface area contributed by atoms with Crippen molar-refractivity contribution in [1.82, 2.24) is 0 Å². The Kier molecular flexibility index (Phi) is 6.28. The van der Waals surface area contributed by atoms with E-state index in [0.29, 0.717) is 24.2 Å². The van der Waals surface area contributed by atoms with Gasteiger partial charge in [0.15, 0.2) is 0 Å². The van der Waals surface area contributed by atoms with Gasteiger partial charge in [-0.2, -0.15) is 0 Å². The van der Waals surface area contributed by atoms with Crippen molar-refractivity contribution in [2.75, 3.05) is 0 Å². The third kappa shape index (κ3) is 3.58. The Morgan fingerprint density at radius 2 is 1.77 bits per heavy atom. The van der Waals surface area contributed by atoms with Crippen LogP contribution in [0.4, 0.5) is 0 Å². The molecular formula is C26H44O5. The van der Waals surface area contributed by atoms with Crippen LogP contribution in [0.25, 0.3) is 0 Å². The lowest BCUT2D eigenvalue weighted by molar-refractivity contribution is -0.235. The van der Waals surface area contributed by atoms with Gasteiger partial charge in [-0.1, -0.05) is 34.1 Å². The highest BCUT2D eigenvalue weighted by atomic mass is 16.6. The van der Waals surface area contributed by atoms with Gasteiger partial charge in [0.2, 0.25) is 0 Å². The van der Waals surface area contributed by atoms with E-state index in [0.717, 1.165) is 44.9 Å². The average molecular weight is 439 g/mol. The molecule has 4 N–H and O–H groups in total. The molecule has 0 saturated heterocycles. The molecule has 5 heteroatoms. The summed E-state index contributed by atoms with van der Waals surface area (Å²) in [5, 5.41) is 42.9. The monoisotopic (exact) mass is 438 g/mol.